The molecule has 0 saturated carbocycles. The Morgan fingerprint density at radius 1 is 1.13 bits per heavy atom. The average Bonchev–Trinajstić information content (AvgIpc) is 2.74. The average molecular weight is 450 g/mol. The van der Waals surface area contributed by atoms with Gasteiger partial charge in [-0.3, -0.25) is 14.0 Å². The number of nitrogens with zero attached hydrogens (tertiary/aromatic N) is 2. The summed E-state index contributed by atoms with van der Waals surface area (Å²) in [5.74, 6) is -1.21. The van der Waals surface area contributed by atoms with Crippen molar-refractivity contribution in [3.05, 3.63) is 65.5 Å². The van der Waals surface area contributed by atoms with Crippen LogP contribution in [0.5, 0.6) is 0 Å². The number of para-hydroxylation sites is 1. The Morgan fingerprint density at radius 3 is 2.35 bits per heavy atom. The van der Waals surface area contributed by atoms with Crippen LogP contribution in [0.4, 0.5) is 10.1 Å². The molecule has 0 unspecified atom stereocenters. The molecule has 1 heterocycles. The lowest BCUT2D eigenvalue weighted by Gasteiger charge is -2.28. The minimum atomic E-state index is -3.87. The van der Waals surface area contributed by atoms with E-state index in [0.29, 0.717) is 0 Å². The molecular formula is C22H28FN3O4S. The van der Waals surface area contributed by atoms with Gasteiger partial charge in [0.05, 0.1) is 25.2 Å². The maximum Gasteiger partial charge on any atom is 0.243 e. The smallest absolute Gasteiger partial charge is 0.243 e. The van der Waals surface area contributed by atoms with E-state index < -0.39 is 27.8 Å². The van der Waals surface area contributed by atoms with Crippen molar-refractivity contribution in [3.8, 4) is 0 Å². The molecule has 1 fully saturated rings. The highest BCUT2D eigenvalue weighted by Gasteiger charge is 2.30. The fourth-order valence-corrected chi connectivity index (χ4v) is 4.70. The number of nitrogens with one attached hydrogen (secondary N) is 1. The summed E-state index contributed by atoms with van der Waals surface area (Å²) >= 11 is 0. The van der Waals surface area contributed by atoms with Crippen molar-refractivity contribution in [1.82, 2.24) is 10.2 Å². The molecule has 168 valence electrons. The van der Waals surface area contributed by atoms with E-state index in [1.807, 2.05) is 24.3 Å². The van der Waals surface area contributed by atoms with Crippen LogP contribution in [0.2, 0.25) is 0 Å². The van der Waals surface area contributed by atoms with Crippen LogP contribution in [0, 0.1) is 5.82 Å². The van der Waals surface area contributed by atoms with Gasteiger partial charge in [-0.1, -0.05) is 36.4 Å². The van der Waals surface area contributed by atoms with E-state index in [0.717, 1.165) is 55.0 Å². The minimum absolute atomic E-state index is 0.153. The van der Waals surface area contributed by atoms with Crippen molar-refractivity contribution in [2.75, 3.05) is 36.9 Å². The fourth-order valence-electron chi connectivity index (χ4n) is 3.53. The number of rotatable bonds is 8. The lowest BCUT2D eigenvalue weighted by Crippen LogP contribution is -2.48. The summed E-state index contributed by atoms with van der Waals surface area (Å²) in [5, 5.41) is 2.75. The van der Waals surface area contributed by atoms with Crippen molar-refractivity contribution in [1.29, 1.82) is 0 Å². The van der Waals surface area contributed by atoms with Gasteiger partial charge in [-0.05, 0) is 30.2 Å². The largest absolute Gasteiger partial charge is 0.379 e. The molecule has 2 aromatic rings. The van der Waals surface area contributed by atoms with Crippen molar-refractivity contribution in [3.63, 3.8) is 0 Å². The Labute approximate surface area is 182 Å². The molecule has 1 amide bonds. The molecule has 0 aliphatic carbocycles. The van der Waals surface area contributed by atoms with E-state index in [1.54, 1.807) is 0 Å². The van der Waals surface area contributed by atoms with Gasteiger partial charge in [0.25, 0.3) is 0 Å². The highest BCUT2D eigenvalue weighted by atomic mass is 32.2. The number of halogens is 1. The fraction of sp³-hybridized carbons (Fsp3) is 0.409. The number of ether oxygens (including phenoxy) is 1. The number of amides is 1. The zero-order valence-corrected chi connectivity index (χ0v) is 18.6. The molecule has 1 N–H and O–H groups in total. The van der Waals surface area contributed by atoms with Gasteiger partial charge in [-0.25, -0.2) is 12.8 Å². The number of hydrogen-bond donors (Lipinski definition) is 1. The molecule has 7 nitrogen and oxygen atoms in total. The Morgan fingerprint density at radius 2 is 1.74 bits per heavy atom. The van der Waals surface area contributed by atoms with Crippen molar-refractivity contribution in [2.24, 2.45) is 0 Å². The van der Waals surface area contributed by atoms with E-state index in [2.05, 4.69) is 10.2 Å². The molecular weight excluding hydrogens is 421 g/mol. The molecule has 3 rings (SSSR count). The third kappa shape index (κ3) is 6.25. The highest BCUT2D eigenvalue weighted by molar-refractivity contribution is 7.92. The van der Waals surface area contributed by atoms with E-state index >= 15 is 0 Å². The number of carbonyl (C=O) groups excluding carboxylic acids is 1. The Hall–Kier alpha value is -2.49. The van der Waals surface area contributed by atoms with Gasteiger partial charge >= 0.3 is 0 Å². The lowest BCUT2D eigenvalue weighted by molar-refractivity contribution is -0.122. The first-order chi connectivity index (χ1) is 14.8. The predicted molar refractivity (Wildman–Crippen MR) is 118 cm³/mol. The molecule has 0 bridgehead atoms. The molecule has 1 atom stereocenters. The molecule has 1 aliphatic heterocycles. The van der Waals surface area contributed by atoms with Crippen LogP contribution in [0.3, 0.4) is 0 Å². The van der Waals surface area contributed by atoms with Crippen LogP contribution in [0.15, 0.2) is 48.5 Å². The van der Waals surface area contributed by atoms with Crippen molar-refractivity contribution in [2.45, 2.75) is 26.1 Å². The summed E-state index contributed by atoms with van der Waals surface area (Å²) < 4.78 is 44.9. The number of sulfonamides is 1. The zero-order chi connectivity index (χ0) is 22.4. The maximum atomic E-state index is 14.2. The molecule has 2 aromatic carbocycles. The van der Waals surface area contributed by atoms with Gasteiger partial charge in [0.15, 0.2) is 0 Å². The van der Waals surface area contributed by atoms with Gasteiger partial charge in [-0.15, -0.1) is 0 Å². The Kier molecular flexibility index (Phi) is 7.64. The second-order valence-electron chi connectivity index (χ2n) is 7.61. The first kappa shape index (κ1) is 23.2. The standard InChI is InChI=1S/C22H28FN3O4S/c1-17(26(31(2,28)29)21-6-4-3-5-20(21)23)22(27)24-15-18-7-9-19(10-8-18)16-25-11-13-30-14-12-25/h3-10,17H,11-16H2,1-2H3,(H,24,27)/t17-/m1/s1. The molecule has 1 saturated heterocycles. The summed E-state index contributed by atoms with van der Waals surface area (Å²) in [7, 11) is -3.87. The topological polar surface area (TPSA) is 79.0 Å². The number of anilines is 1. The summed E-state index contributed by atoms with van der Waals surface area (Å²) in [6, 6.07) is 12.3. The van der Waals surface area contributed by atoms with Crippen molar-refractivity contribution >= 4 is 21.6 Å². The second-order valence-corrected chi connectivity index (χ2v) is 9.47. The minimum Gasteiger partial charge on any atom is -0.379 e. The van der Waals surface area contributed by atoms with E-state index in [1.165, 1.54) is 30.7 Å². The number of morpholine rings is 1. The third-order valence-corrected chi connectivity index (χ3v) is 6.41. The van der Waals surface area contributed by atoms with Gasteiger partial charge in [0.2, 0.25) is 15.9 Å². The van der Waals surface area contributed by atoms with E-state index in [9.17, 15) is 17.6 Å². The molecule has 0 radical (unpaired) electrons. The van der Waals surface area contributed by atoms with Crippen LogP contribution < -0.4 is 9.62 Å². The van der Waals surface area contributed by atoms with Crippen LogP contribution in [-0.4, -0.2) is 57.8 Å². The molecule has 0 spiro atoms. The lowest BCUT2D eigenvalue weighted by atomic mass is 10.1. The number of hydrogen-bond acceptors (Lipinski definition) is 5. The normalized spacial score (nSPS) is 16.0. The van der Waals surface area contributed by atoms with Crippen molar-refractivity contribution < 1.29 is 22.3 Å². The Bertz CT molecular complexity index is 992. The van der Waals surface area contributed by atoms with Gasteiger partial charge in [0.1, 0.15) is 11.9 Å². The summed E-state index contributed by atoms with van der Waals surface area (Å²) in [5.41, 5.74) is 1.91. The predicted octanol–water partition coefficient (Wildman–Crippen LogP) is 2.13. The number of benzene rings is 2. The van der Waals surface area contributed by atoms with E-state index in [-0.39, 0.29) is 12.2 Å². The molecule has 0 aromatic heterocycles. The van der Waals surface area contributed by atoms with Gasteiger partial charge in [0, 0.05) is 26.2 Å². The van der Waals surface area contributed by atoms with Crippen LogP contribution in [0.25, 0.3) is 0 Å². The second kappa shape index (κ2) is 10.2. The van der Waals surface area contributed by atoms with E-state index in [4.69, 9.17) is 4.74 Å². The first-order valence-electron chi connectivity index (χ1n) is 10.2. The monoisotopic (exact) mass is 449 g/mol. The quantitative estimate of drug-likeness (QED) is 0.668. The first-order valence-corrected chi connectivity index (χ1v) is 12.0. The van der Waals surface area contributed by atoms with Crippen LogP contribution in [-0.2, 0) is 32.6 Å². The summed E-state index contributed by atoms with van der Waals surface area (Å²) in [4.78, 5) is 15.0. The summed E-state index contributed by atoms with van der Waals surface area (Å²) in [6.45, 7) is 5.85. The Balaban J connectivity index is 1.61. The maximum absolute atomic E-state index is 14.2. The number of carbonyl (C=O) groups is 1. The highest BCUT2D eigenvalue weighted by Crippen LogP contribution is 2.24. The van der Waals surface area contributed by atoms with Gasteiger partial charge < -0.3 is 10.1 Å². The summed E-state index contributed by atoms with van der Waals surface area (Å²) in [6.07, 6.45) is 0.955. The molecule has 9 heteroatoms. The van der Waals surface area contributed by atoms with Gasteiger partial charge in [-0.2, -0.15) is 0 Å². The SMILES string of the molecule is C[C@H](C(=O)NCc1ccc(CN2CCOCC2)cc1)N(c1ccccc1F)S(C)(=O)=O. The molecule has 1 aliphatic rings. The van der Waals surface area contributed by atoms with Crippen LogP contribution >= 0.6 is 0 Å². The third-order valence-electron chi connectivity index (χ3n) is 5.18. The molecule has 31 heavy (non-hydrogen) atoms. The zero-order valence-electron chi connectivity index (χ0n) is 17.8. The van der Waals surface area contributed by atoms with Crippen LogP contribution in [0.1, 0.15) is 18.1 Å².